The lowest BCUT2D eigenvalue weighted by molar-refractivity contribution is 0.568. The first-order valence-corrected chi connectivity index (χ1v) is 7.17. The molecule has 0 fully saturated rings. The standard InChI is InChI=1S/C15H20N4S/c1-4-19-14(8-9-16-19)12(3)17-15(20)18-13-7-5-6-11(2)10-13/h5-10,12H,4H2,1-3H3,(H2,17,18,20). The summed E-state index contributed by atoms with van der Waals surface area (Å²) in [5.41, 5.74) is 3.33. The minimum absolute atomic E-state index is 0.113. The van der Waals surface area contributed by atoms with Gasteiger partial charge in [0.2, 0.25) is 0 Å². The van der Waals surface area contributed by atoms with Crippen LogP contribution in [0, 0.1) is 6.92 Å². The van der Waals surface area contributed by atoms with E-state index in [0.717, 1.165) is 17.9 Å². The first kappa shape index (κ1) is 14.5. The maximum Gasteiger partial charge on any atom is 0.171 e. The number of benzene rings is 1. The van der Waals surface area contributed by atoms with E-state index in [1.807, 2.05) is 29.1 Å². The molecule has 1 aromatic heterocycles. The van der Waals surface area contributed by atoms with E-state index in [0.29, 0.717) is 5.11 Å². The highest BCUT2D eigenvalue weighted by Crippen LogP contribution is 2.13. The molecule has 0 saturated heterocycles. The predicted octanol–water partition coefficient (Wildman–Crippen LogP) is 3.26. The second kappa shape index (κ2) is 6.52. The number of anilines is 1. The van der Waals surface area contributed by atoms with Gasteiger partial charge in [0.15, 0.2) is 5.11 Å². The molecule has 1 heterocycles. The molecular formula is C15H20N4S. The summed E-state index contributed by atoms with van der Waals surface area (Å²) in [6.07, 6.45) is 1.81. The molecule has 0 aliphatic rings. The van der Waals surface area contributed by atoms with E-state index in [-0.39, 0.29) is 6.04 Å². The Labute approximate surface area is 125 Å². The van der Waals surface area contributed by atoms with Crippen molar-refractivity contribution in [2.45, 2.75) is 33.4 Å². The molecule has 1 aromatic carbocycles. The highest BCUT2D eigenvalue weighted by atomic mass is 32.1. The molecule has 1 atom stereocenters. The third-order valence-electron chi connectivity index (χ3n) is 3.12. The van der Waals surface area contributed by atoms with Gasteiger partial charge in [0.05, 0.1) is 11.7 Å². The van der Waals surface area contributed by atoms with Crippen molar-refractivity contribution in [1.82, 2.24) is 15.1 Å². The number of aryl methyl sites for hydroxylation is 2. The fourth-order valence-corrected chi connectivity index (χ4v) is 2.43. The van der Waals surface area contributed by atoms with Crippen LogP contribution in [0.5, 0.6) is 0 Å². The molecule has 4 nitrogen and oxygen atoms in total. The SMILES string of the molecule is CCn1nccc1C(C)NC(=S)Nc1cccc(C)c1. The third-order valence-corrected chi connectivity index (χ3v) is 3.34. The van der Waals surface area contributed by atoms with E-state index in [1.54, 1.807) is 0 Å². The van der Waals surface area contributed by atoms with Gasteiger partial charge in [-0.3, -0.25) is 4.68 Å². The van der Waals surface area contributed by atoms with Crippen molar-refractivity contribution >= 4 is 23.0 Å². The molecule has 2 rings (SSSR count). The molecule has 0 spiro atoms. The quantitative estimate of drug-likeness (QED) is 0.847. The fourth-order valence-electron chi connectivity index (χ4n) is 2.14. The molecule has 2 aromatic rings. The molecule has 20 heavy (non-hydrogen) atoms. The Morgan fingerprint density at radius 3 is 2.90 bits per heavy atom. The van der Waals surface area contributed by atoms with Gasteiger partial charge in [0, 0.05) is 18.4 Å². The van der Waals surface area contributed by atoms with E-state index >= 15 is 0 Å². The summed E-state index contributed by atoms with van der Waals surface area (Å²) in [5.74, 6) is 0. The summed E-state index contributed by atoms with van der Waals surface area (Å²) in [6, 6.07) is 10.3. The van der Waals surface area contributed by atoms with Crippen molar-refractivity contribution in [2.24, 2.45) is 0 Å². The van der Waals surface area contributed by atoms with Crippen LogP contribution in [0.15, 0.2) is 36.5 Å². The van der Waals surface area contributed by atoms with Crippen molar-refractivity contribution in [3.8, 4) is 0 Å². The Kier molecular flexibility index (Phi) is 4.74. The maximum absolute atomic E-state index is 5.36. The zero-order valence-corrected chi connectivity index (χ0v) is 12.9. The minimum Gasteiger partial charge on any atom is -0.354 e. The van der Waals surface area contributed by atoms with Crippen molar-refractivity contribution in [2.75, 3.05) is 5.32 Å². The van der Waals surface area contributed by atoms with Gasteiger partial charge in [0.1, 0.15) is 0 Å². The van der Waals surface area contributed by atoms with Crippen LogP contribution in [-0.4, -0.2) is 14.9 Å². The molecule has 0 amide bonds. The van der Waals surface area contributed by atoms with Crippen molar-refractivity contribution in [3.63, 3.8) is 0 Å². The second-order valence-corrected chi connectivity index (χ2v) is 5.17. The molecule has 106 valence electrons. The summed E-state index contributed by atoms with van der Waals surface area (Å²) < 4.78 is 1.97. The third kappa shape index (κ3) is 3.57. The van der Waals surface area contributed by atoms with Crippen LogP contribution in [0.3, 0.4) is 0 Å². The lowest BCUT2D eigenvalue weighted by atomic mass is 10.2. The number of aromatic nitrogens is 2. The topological polar surface area (TPSA) is 41.9 Å². The maximum atomic E-state index is 5.36. The van der Waals surface area contributed by atoms with Gasteiger partial charge in [-0.05, 0) is 56.8 Å². The predicted molar refractivity (Wildman–Crippen MR) is 86.9 cm³/mol. The summed E-state index contributed by atoms with van der Waals surface area (Å²) in [6.45, 7) is 7.07. The number of thiocarbonyl (C=S) groups is 1. The Morgan fingerprint density at radius 2 is 2.20 bits per heavy atom. The molecular weight excluding hydrogens is 268 g/mol. The van der Waals surface area contributed by atoms with Gasteiger partial charge in [-0.25, -0.2) is 0 Å². The summed E-state index contributed by atoms with van der Waals surface area (Å²) in [4.78, 5) is 0. The van der Waals surface area contributed by atoms with E-state index in [1.165, 1.54) is 5.56 Å². The Balaban J connectivity index is 1.98. The van der Waals surface area contributed by atoms with E-state index in [9.17, 15) is 0 Å². The average Bonchev–Trinajstić information content (AvgIpc) is 2.86. The molecule has 0 bridgehead atoms. The molecule has 0 aliphatic heterocycles. The Bertz CT molecular complexity index is 591. The smallest absolute Gasteiger partial charge is 0.171 e. The van der Waals surface area contributed by atoms with Crippen LogP contribution in [0.25, 0.3) is 0 Å². The Hall–Kier alpha value is -1.88. The van der Waals surface area contributed by atoms with Gasteiger partial charge >= 0.3 is 0 Å². The molecule has 2 N–H and O–H groups in total. The fraction of sp³-hybridized carbons (Fsp3) is 0.333. The van der Waals surface area contributed by atoms with Gasteiger partial charge < -0.3 is 10.6 Å². The van der Waals surface area contributed by atoms with E-state index < -0.39 is 0 Å². The van der Waals surface area contributed by atoms with Crippen molar-refractivity contribution in [1.29, 1.82) is 0 Å². The van der Waals surface area contributed by atoms with Gasteiger partial charge in [-0.1, -0.05) is 12.1 Å². The first-order chi connectivity index (χ1) is 9.60. The summed E-state index contributed by atoms with van der Waals surface area (Å²) in [7, 11) is 0. The number of hydrogen-bond acceptors (Lipinski definition) is 2. The number of nitrogens with one attached hydrogen (secondary N) is 2. The zero-order valence-electron chi connectivity index (χ0n) is 12.1. The number of rotatable bonds is 4. The number of hydrogen-bond donors (Lipinski definition) is 2. The highest BCUT2D eigenvalue weighted by molar-refractivity contribution is 7.80. The van der Waals surface area contributed by atoms with Crippen LogP contribution < -0.4 is 10.6 Å². The van der Waals surface area contributed by atoms with Gasteiger partial charge in [-0.2, -0.15) is 5.10 Å². The number of nitrogens with zero attached hydrogens (tertiary/aromatic N) is 2. The molecule has 0 saturated carbocycles. The molecule has 0 aliphatic carbocycles. The van der Waals surface area contributed by atoms with Gasteiger partial charge in [0.25, 0.3) is 0 Å². The average molecular weight is 288 g/mol. The molecule has 0 radical (unpaired) electrons. The van der Waals surface area contributed by atoms with Crippen molar-refractivity contribution in [3.05, 3.63) is 47.8 Å². The van der Waals surface area contributed by atoms with Crippen molar-refractivity contribution < 1.29 is 0 Å². The van der Waals surface area contributed by atoms with E-state index in [2.05, 4.69) is 48.6 Å². The summed E-state index contributed by atoms with van der Waals surface area (Å²) in [5, 5.41) is 11.4. The van der Waals surface area contributed by atoms with Crippen LogP contribution >= 0.6 is 12.2 Å². The molecule has 1 unspecified atom stereocenters. The highest BCUT2D eigenvalue weighted by Gasteiger charge is 2.11. The van der Waals surface area contributed by atoms with Gasteiger partial charge in [-0.15, -0.1) is 0 Å². The summed E-state index contributed by atoms with van der Waals surface area (Å²) >= 11 is 5.36. The van der Waals surface area contributed by atoms with Crippen LogP contribution in [-0.2, 0) is 6.54 Å². The first-order valence-electron chi connectivity index (χ1n) is 6.76. The second-order valence-electron chi connectivity index (χ2n) is 4.76. The lowest BCUT2D eigenvalue weighted by Crippen LogP contribution is -2.32. The largest absolute Gasteiger partial charge is 0.354 e. The van der Waals surface area contributed by atoms with E-state index in [4.69, 9.17) is 12.2 Å². The van der Waals surface area contributed by atoms with Crippen LogP contribution in [0.2, 0.25) is 0 Å². The van der Waals surface area contributed by atoms with Crippen LogP contribution in [0.1, 0.15) is 31.1 Å². The minimum atomic E-state index is 0.113. The normalized spacial score (nSPS) is 11.9. The lowest BCUT2D eigenvalue weighted by Gasteiger charge is -2.18. The van der Waals surface area contributed by atoms with Crippen LogP contribution in [0.4, 0.5) is 5.69 Å². The molecule has 5 heteroatoms. The monoisotopic (exact) mass is 288 g/mol. The zero-order chi connectivity index (χ0) is 14.5. The Morgan fingerprint density at radius 1 is 1.40 bits per heavy atom.